The monoisotopic (exact) mass is 555 g/mol. The molecule has 36 heavy (non-hydrogen) atoms. The summed E-state index contributed by atoms with van der Waals surface area (Å²) in [4.78, 5) is 17.9. The SMILES string of the molecule is N#Cc1ccc(-c2cn3c(CC(=O)N/N=C/c4ccc(Oc5ccc(Br)cc5)cc4)csc3n2)cc1. The van der Waals surface area contributed by atoms with Crippen LogP contribution in [0.1, 0.15) is 16.8 Å². The third kappa shape index (κ3) is 5.51. The summed E-state index contributed by atoms with van der Waals surface area (Å²) in [6, 6.07) is 24.4. The van der Waals surface area contributed by atoms with E-state index in [1.807, 2.05) is 76.6 Å². The van der Waals surface area contributed by atoms with E-state index in [2.05, 4.69) is 37.5 Å². The Morgan fingerprint density at radius 1 is 1.08 bits per heavy atom. The molecule has 1 N–H and O–H groups in total. The maximum absolute atomic E-state index is 12.5. The van der Waals surface area contributed by atoms with E-state index in [4.69, 9.17) is 10.00 Å². The highest BCUT2D eigenvalue weighted by Gasteiger charge is 2.12. The quantitative estimate of drug-likeness (QED) is 0.191. The molecule has 0 aliphatic heterocycles. The molecule has 0 fully saturated rings. The zero-order chi connectivity index (χ0) is 24.9. The lowest BCUT2D eigenvalue weighted by molar-refractivity contribution is -0.120. The zero-order valence-corrected chi connectivity index (χ0v) is 21.2. The van der Waals surface area contributed by atoms with Crippen molar-refractivity contribution in [1.29, 1.82) is 5.26 Å². The minimum Gasteiger partial charge on any atom is -0.457 e. The molecular weight excluding hydrogens is 538 g/mol. The number of amides is 1. The molecule has 0 unspecified atom stereocenters. The number of nitriles is 1. The standard InChI is InChI=1S/C27H18BrN5O2S/c28-21-7-11-24(12-8-21)35-23-9-3-19(4-10-23)15-30-32-26(34)13-22-17-36-27-31-25(16-33(22)27)20-5-1-18(14-29)2-6-20/h1-12,15-17H,13H2,(H,32,34)/b30-15+. The Labute approximate surface area is 219 Å². The van der Waals surface area contributed by atoms with E-state index < -0.39 is 0 Å². The Kier molecular flexibility index (Phi) is 6.89. The van der Waals surface area contributed by atoms with E-state index >= 15 is 0 Å². The highest BCUT2D eigenvalue weighted by molar-refractivity contribution is 9.10. The summed E-state index contributed by atoms with van der Waals surface area (Å²) >= 11 is 4.87. The third-order valence-corrected chi connectivity index (χ3v) is 6.68. The summed E-state index contributed by atoms with van der Waals surface area (Å²) in [7, 11) is 0. The molecule has 0 aliphatic carbocycles. The van der Waals surface area contributed by atoms with Crippen LogP contribution in [0, 0.1) is 11.3 Å². The van der Waals surface area contributed by atoms with Gasteiger partial charge in [0.2, 0.25) is 5.91 Å². The van der Waals surface area contributed by atoms with Crippen LogP contribution in [-0.2, 0) is 11.2 Å². The summed E-state index contributed by atoms with van der Waals surface area (Å²) in [5, 5.41) is 15.0. The van der Waals surface area contributed by atoms with Crippen molar-refractivity contribution in [3.05, 3.63) is 106 Å². The van der Waals surface area contributed by atoms with Gasteiger partial charge in [-0.2, -0.15) is 10.4 Å². The summed E-state index contributed by atoms with van der Waals surface area (Å²) in [5.41, 5.74) is 6.54. The van der Waals surface area contributed by atoms with Gasteiger partial charge in [0.1, 0.15) is 11.5 Å². The lowest BCUT2D eigenvalue weighted by Crippen LogP contribution is -2.20. The first-order valence-corrected chi connectivity index (χ1v) is 12.6. The smallest absolute Gasteiger partial charge is 0.246 e. The lowest BCUT2D eigenvalue weighted by atomic mass is 10.1. The van der Waals surface area contributed by atoms with E-state index in [9.17, 15) is 4.79 Å². The van der Waals surface area contributed by atoms with Gasteiger partial charge in [-0.1, -0.05) is 28.1 Å². The number of nitrogens with one attached hydrogen (secondary N) is 1. The van der Waals surface area contributed by atoms with Gasteiger partial charge in [-0.15, -0.1) is 11.3 Å². The van der Waals surface area contributed by atoms with Crippen molar-refractivity contribution < 1.29 is 9.53 Å². The summed E-state index contributed by atoms with van der Waals surface area (Å²) in [5.74, 6) is 1.23. The number of hydrogen-bond acceptors (Lipinski definition) is 6. The fourth-order valence-corrected chi connectivity index (χ4v) is 4.59. The van der Waals surface area contributed by atoms with Crippen LogP contribution in [0.25, 0.3) is 16.2 Å². The molecule has 0 bridgehead atoms. The fourth-order valence-electron chi connectivity index (χ4n) is 3.45. The number of halogens is 1. The molecule has 1 amide bonds. The number of ether oxygens (including phenoxy) is 1. The summed E-state index contributed by atoms with van der Waals surface area (Å²) in [6.45, 7) is 0. The largest absolute Gasteiger partial charge is 0.457 e. The Morgan fingerprint density at radius 3 is 2.47 bits per heavy atom. The van der Waals surface area contributed by atoms with Gasteiger partial charge in [-0.25, -0.2) is 10.4 Å². The molecule has 5 rings (SSSR count). The predicted octanol–water partition coefficient (Wildman–Crippen LogP) is 6.18. The Morgan fingerprint density at radius 2 is 1.78 bits per heavy atom. The van der Waals surface area contributed by atoms with E-state index in [0.717, 1.165) is 37.7 Å². The number of carbonyl (C=O) groups excluding carboxylic acids is 1. The van der Waals surface area contributed by atoms with Gasteiger partial charge in [-0.3, -0.25) is 9.20 Å². The molecule has 9 heteroatoms. The molecule has 0 aliphatic rings. The second-order valence-corrected chi connectivity index (χ2v) is 9.54. The number of fused-ring (bicyclic) bond motifs is 1. The van der Waals surface area contributed by atoms with Crippen LogP contribution in [0.15, 0.2) is 93.9 Å². The first-order chi connectivity index (χ1) is 17.6. The minimum absolute atomic E-state index is 0.167. The van der Waals surface area contributed by atoms with E-state index in [1.165, 1.54) is 11.3 Å². The van der Waals surface area contributed by atoms with Crippen molar-refractivity contribution in [3.63, 3.8) is 0 Å². The van der Waals surface area contributed by atoms with Crippen LogP contribution in [0.4, 0.5) is 0 Å². The Balaban J connectivity index is 1.18. The second-order valence-electron chi connectivity index (χ2n) is 7.79. The third-order valence-electron chi connectivity index (χ3n) is 5.27. The van der Waals surface area contributed by atoms with Crippen LogP contribution >= 0.6 is 27.3 Å². The molecule has 0 atom stereocenters. The highest BCUT2D eigenvalue weighted by atomic mass is 79.9. The van der Waals surface area contributed by atoms with Crippen molar-refractivity contribution >= 4 is 44.3 Å². The van der Waals surface area contributed by atoms with Gasteiger partial charge >= 0.3 is 0 Å². The number of carbonyl (C=O) groups is 1. The molecule has 5 aromatic rings. The number of aromatic nitrogens is 2. The molecule has 0 radical (unpaired) electrons. The van der Waals surface area contributed by atoms with Crippen molar-refractivity contribution in [2.24, 2.45) is 5.10 Å². The molecule has 0 saturated carbocycles. The molecule has 7 nitrogen and oxygen atoms in total. The van der Waals surface area contributed by atoms with Crippen molar-refractivity contribution in [2.45, 2.75) is 6.42 Å². The molecule has 3 aromatic carbocycles. The average Bonchev–Trinajstić information content (AvgIpc) is 3.48. The number of rotatable bonds is 7. The van der Waals surface area contributed by atoms with Crippen LogP contribution < -0.4 is 10.2 Å². The topological polar surface area (TPSA) is 91.8 Å². The highest BCUT2D eigenvalue weighted by Crippen LogP contribution is 2.25. The van der Waals surface area contributed by atoms with Crippen LogP contribution in [0.5, 0.6) is 11.5 Å². The number of thiazole rings is 1. The maximum atomic E-state index is 12.5. The van der Waals surface area contributed by atoms with Gasteiger partial charge in [0.05, 0.1) is 30.0 Å². The Bertz CT molecular complexity index is 1580. The number of hydrogen-bond donors (Lipinski definition) is 1. The first-order valence-electron chi connectivity index (χ1n) is 10.9. The first kappa shape index (κ1) is 23.5. The predicted molar refractivity (Wildman–Crippen MR) is 143 cm³/mol. The van der Waals surface area contributed by atoms with Crippen molar-refractivity contribution in [1.82, 2.24) is 14.8 Å². The van der Waals surface area contributed by atoms with Crippen molar-refractivity contribution in [3.8, 4) is 28.8 Å². The zero-order valence-electron chi connectivity index (χ0n) is 18.8. The number of hydrazone groups is 1. The van der Waals surface area contributed by atoms with Crippen molar-refractivity contribution in [2.75, 3.05) is 0 Å². The molecule has 0 spiro atoms. The van der Waals surface area contributed by atoms with Gasteiger partial charge in [-0.05, 0) is 66.2 Å². The Hall–Kier alpha value is -4.26. The van der Waals surface area contributed by atoms with E-state index in [1.54, 1.807) is 18.3 Å². The van der Waals surface area contributed by atoms with Crippen LogP contribution in [-0.4, -0.2) is 21.5 Å². The normalized spacial score (nSPS) is 11.0. The second kappa shape index (κ2) is 10.6. The number of imidazole rings is 1. The van der Waals surface area contributed by atoms with Gasteiger partial charge in [0, 0.05) is 27.3 Å². The van der Waals surface area contributed by atoms with Crippen LogP contribution in [0.2, 0.25) is 0 Å². The fraction of sp³-hybridized carbons (Fsp3) is 0.0370. The summed E-state index contributed by atoms with van der Waals surface area (Å²) < 4.78 is 8.71. The van der Waals surface area contributed by atoms with Gasteiger partial charge in [0.15, 0.2) is 4.96 Å². The van der Waals surface area contributed by atoms with Crippen LogP contribution in [0.3, 0.4) is 0 Å². The van der Waals surface area contributed by atoms with E-state index in [0.29, 0.717) is 11.3 Å². The van der Waals surface area contributed by atoms with Gasteiger partial charge < -0.3 is 4.74 Å². The number of nitrogens with zero attached hydrogens (tertiary/aromatic N) is 4. The molecule has 2 aromatic heterocycles. The maximum Gasteiger partial charge on any atom is 0.246 e. The van der Waals surface area contributed by atoms with Gasteiger partial charge in [0.25, 0.3) is 0 Å². The molecule has 176 valence electrons. The number of benzene rings is 3. The molecular formula is C27H18BrN5O2S. The minimum atomic E-state index is -0.227. The van der Waals surface area contributed by atoms with E-state index in [-0.39, 0.29) is 12.3 Å². The molecule has 2 heterocycles. The summed E-state index contributed by atoms with van der Waals surface area (Å²) in [6.07, 6.45) is 3.65. The average molecular weight is 556 g/mol. The molecule has 0 saturated heterocycles. The lowest BCUT2D eigenvalue weighted by Gasteiger charge is -2.05.